The molecule has 0 radical (unpaired) electrons. The Kier molecular flexibility index (Phi) is 3.49. The Balaban J connectivity index is 2.49. The van der Waals surface area contributed by atoms with Gasteiger partial charge in [-0.1, -0.05) is 17.7 Å². The molecule has 0 saturated carbocycles. The number of benzene rings is 1. The summed E-state index contributed by atoms with van der Waals surface area (Å²) in [6.45, 7) is 2.38. The van der Waals surface area contributed by atoms with Gasteiger partial charge in [0.2, 0.25) is 0 Å². The van der Waals surface area contributed by atoms with Crippen LogP contribution in [0.25, 0.3) is 5.69 Å². The lowest BCUT2D eigenvalue weighted by Crippen LogP contribution is -2.14. The van der Waals surface area contributed by atoms with E-state index in [0.29, 0.717) is 11.1 Å². The highest BCUT2D eigenvalue weighted by Crippen LogP contribution is 2.14. The van der Waals surface area contributed by atoms with Crippen LogP contribution in [0.2, 0.25) is 0 Å². The van der Waals surface area contributed by atoms with Crippen molar-refractivity contribution < 1.29 is 4.74 Å². The lowest BCUT2D eigenvalue weighted by atomic mass is 10.2. The van der Waals surface area contributed by atoms with Crippen molar-refractivity contribution in [2.45, 2.75) is 13.5 Å². The van der Waals surface area contributed by atoms with Crippen molar-refractivity contribution >= 4 is 15.9 Å². The first-order chi connectivity index (χ1) is 8.13. The fourth-order valence-electron chi connectivity index (χ4n) is 1.58. The molecule has 0 saturated heterocycles. The zero-order chi connectivity index (χ0) is 12.4. The average molecular weight is 297 g/mol. The third-order valence-corrected chi connectivity index (χ3v) is 3.30. The minimum absolute atomic E-state index is 0.110. The predicted molar refractivity (Wildman–Crippen MR) is 69.5 cm³/mol. The van der Waals surface area contributed by atoms with Gasteiger partial charge < -0.3 is 4.74 Å². The Morgan fingerprint density at radius 1 is 1.35 bits per heavy atom. The number of aryl methyl sites for hydroxylation is 1. The lowest BCUT2D eigenvalue weighted by Gasteiger charge is -2.02. The number of hydrogen-bond donors (Lipinski definition) is 1. The van der Waals surface area contributed by atoms with E-state index in [0.717, 1.165) is 16.9 Å². The van der Waals surface area contributed by atoms with Crippen LogP contribution in [-0.4, -0.2) is 16.9 Å². The molecule has 0 unspecified atom stereocenters. The van der Waals surface area contributed by atoms with Gasteiger partial charge in [0.05, 0.1) is 18.0 Å². The van der Waals surface area contributed by atoms with E-state index in [-0.39, 0.29) is 5.56 Å². The van der Waals surface area contributed by atoms with Crippen LogP contribution in [0.15, 0.2) is 33.5 Å². The maximum atomic E-state index is 12.0. The second-order valence-corrected chi connectivity index (χ2v) is 4.61. The molecule has 1 heterocycles. The van der Waals surface area contributed by atoms with Gasteiger partial charge in [0.15, 0.2) is 0 Å². The Hall–Kier alpha value is -1.33. The molecule has 1 aromatic carbocycles. The normalized spacial score (nSPS) is 10.8. The fraction of sp³-hybridized carbons (Fsp3) is 0.250. The maximum absolute atomic E-state index is 12.0. The zero-order valence-corrected chi connectivity index (χ0v) is 11.2. The van der Waals surface area contributed by atoms with Crippen LogP contribution in [0.3, 0.4) is 0 Å². The van der Waals surface area contributed by atoms with E-state index in [9.17, 15) is 4.79 Å². The molecule has 0 fully saturated rings. The molecule has 1 aromatic heterocycles. The van der Waals surface area contributed by atoms with Crippen LogP contribution in [0, 0.1) is 6.92 Å². The summed E-state index contributed by atoms with van der Waals surface area (Å²) in [6, 6.07) is 7.73. The Labute approximate surface area is 107 Å². The van der Waals surface area contributed by atoms with Crippen molar-refractivity contribution in [3.63, 3.8) is 0 Å². The highest BCUT2D eigenvalue weighted by molar-refractivity contribution is 9.10. The standard InChI is InChI=1S/C12H13BrN2O2/c1-8-3-5-9(6-4-8)15-12(16)11(13)10(14-15)7-17-2/h3-6,14H,7H2,1-2H3. The first-order valence-corrected chi connectivity index (χ1v) is 5.98. The molecule has 1 N–H and O–H groups in total. The number of methoxy groups -OCH3 is 1. The number of ether oxygens (including phenoxy) is 1. The van der Waals surface area contributed by atoms with Gasteiger partial charge in [0, 0.05) is 7.11 Å². The van der Waals surface area contributed by atoms with Crippen molar-refractivity contribution in [1.82, 2.24) is 9.78 Å². The van der Waals surface area contributed by atoms with Crippen LogP contribution in [-0.2, 0) is 11.3 Å². The number of nitrogens with zero attached hydrogens (tertiary/aromatic N) is 1. The van der Waals surface area contributed by atoms with E-state index in [1.165, 1.54) is 4.68 Å². The first kappa shape index (κ1) is 12.1. The van der Waals surface area contributed by atoms with Crippen molar-refractivity contribution in [2.24, 2.45) is 0 Å². The second-order valence-electron chi connectivity index (χ2n) is 3.81. The quantitative estimate of drug-likeness (QED) is 0.945. The molecule has 2 rings (SSSR count). The van der Waals surface area contributed by atoms with Crippen molar-refractivity contribution in [3.8, 4) is 5.69 Å². The SMILES string of the molecule is COCc1[nH]n(-c2ccc(C)cc2)c(=O)c1Br. The first-order valence-electron chi connectivity index (χ1n) is 5.19. The van der Waals surface area contributed by atoms with Crippen LogP contribution in [0.5, 0.6) is 0 Å². The third kappa shape index (κ3) is 2.35. The molecule has 0 aliphatic rings. The third-order valence-electron chi connectivity index (χ3n) is 2.48. The summed E-state index contributed by atoms with van der Waals surface area (Å²) in [5.41, 5.74) is 2.59. The van der Waals surface area contributed by atoms with Crippen LogP contribution >= 0.6 is 15.9 Å². The van der Waals surface area contributed by atoms with Crippen molar-refractivity contribution in [2.75, 3.05) is 7.11 Å². The number of nitrogens with one attached hydrogen (secondary N) is 1. The molecule has 4 nitrogen and oxygen atoms in total. The highest BCUT2D eigenvalue weighted by Gasteiger charge is 2.12. The van der Waals surface area contributed by atoms with E-state index < -0.39 is 0 Å². The monoisotopic (exact) mass is 296 g/mol. The Bertz CT molecular complexity index is 569. The molecular weight excluding hydrogens is 284 g/mol. The number of H-pyrrole nitrogens is 1. The number of hydrogen-bond acceptors (Lipinski definition) is 2. The molecule has 0 amide bonds. The maximum Gasteiger partial charge on any atom is 0.285 e. The molecule has 0 aliphatic carbocycles. The summed E-state index contributed by atoms with van der Waals surface area (Å²) < 4.78 is 7.03. The number of aromatic amines is 1. The van der Waals surface area contributed by atoms with Gasteiger partial charge in [-0.2, -0.15) is 0 Å². The Morgan fingerprint density at radius 2 is 2.00 bits per heavy atom. The molecule has 2 aromatic rings. The van der Waals surface area contributed by atoms with Gasteiger partial charge in [0.25, 0.3) is 5.56 Å². The molecule has 0 atom stereocenters. The summed E-state index contributed by atoms with van der Waals surface area (Å²) >= 11 is 3.27. The summed E-state index contributed by atoms with van der Waals surface area (Å²) in [6.07, 6.45) is 0. The summed E-state index contributed by atoms with van der Waals surface area (Å²) in [7, 11) is 1.59. The van der Waals surface area contributed by atoms with Gasteiger partial charge >= 0.3 is 0 Å². The summed E-state index contributed by atoms with van der Waals surface area (Å²) in [5.74, 6) is 0. The van der Waals surface area contributed by atoms with Crippen LogP contribution in [0.1, 0.15) is 11.3 Å². The van der Waals surface area contributed by atoms with Gasteiger partial charge in [0.1, 0.15) is 4.47 Å². The summed E-state index contributed by atoms with van der Waals surface area (Å²) in [4.78, 5) is 12.0. The largest absolute Gasteiger partial charge is 0.378 e. The van der Waals surface area contributed by atoms with Gasteiger partial charge in [-0.05, 0) is 35.0 Å². The number of rotatable bonds is 3. The minimum atomic E-state index is -0.110. The minimum Gasteiger partial charge on any atom is -0.378 e. The molecule has 0 spiro atoms. The predicted octanol–water partition coefficient (Wildman–Crippen LogP) is 2.38. The van der Waals surface area contributed by atoms with Crippen LogP contribution in [0.4, 0.5) is 0 Å². The molecule has 17 heavy (non-hydrogen) atoms. The topological polar surface area (TPSA) is 47.0 Å². The van der Waals surface area contributed by atoms with Gasteiger partial charge in [-0.25, -0.2) is 4.68 Å². The van der Waals surface area contributed by atoms with E-state index in [2.05, 4.69) is 21.0 Å². The lowest BCUT2D eigenvalue weighted by molar-refractivity contribution is 0.180. The second kappa shape index (κ2) is 4.89. The van der Waals surface area contributed by atoms with E-state index in [4.69, 9.17) is 4.74 Å². The molecular formula is C12H13BrN2O2. The summed E-state index contributed by atoms with van der Waals surface area (Å²) in [5, 5.41) is 3.02. The fourth-order valence-corrected chi connectivity index (χ4v) is 1.96. The smallest absolute Gasteiger partial charge is 0.285 e. The molecule has 0 aliphatic heterocycles. The van der Waals surface area contributed by atoms with E-state index in [1.807, 2.05) is 31.2 Å². The average Bonchev–Trinajstić information content (AvgIpc) is 2.59. The molecule has 5 heteroatoms. The number of halogens is 1. The van der Waals surface area contributed by atoms with Gasteiger partial charge in [-0.15, -0.1) is 0 Å². The Morgan fingerprint density at radius 3 is 2.59 bits per heavy atom. The van der Waals surface area contributed by atoms with E-state index >= 15 is 0 Å². The van der Waals surface area contributed by atoms with Crippen molar-refractivity contribution in [3.05, 3.63) is 50.3 Å². The van der Waals surface area contributed by atoms with Gasteiger partial charge in [-0.3, -0.25) is 9.89 Å². The van der Waals surface area contributed by atoms with Crippen LogP contribution < -0.4 is 5.56 Å². The van der Waals surface area contributed by atoms with Crippen molar-refractivity contribution in [1.29, 1.82) is 0 Å². The zero-order valence-electron chi connectivity index (χ0n) is 9.66. The molecule has 90 valence electrons. The van der Waals surface area contributed by atoms with E-state index in [1.54, 1.807) is 7.11 Å². The molecule has 0 bridgehead atoms. The number of aromatic nitrogens is 2. The highest BCUT2D eigenvalue weighted by atomic mass is 79.9.